The molecule has 3 rings (SSSR count). The molecule has 0 amide bonds. The first kappa shape index (κ1) is 18.0. The van der Waals surface area contributed by atoms with Crippen molar-refractivity contribution in [3.05, 3.63) is 48.0 Å². The van der Waals surface area contributed by atoms with E-state index < -0.39 is 0 Å². The highest BCUT2D eigenvalue weighted by Gasteiger charge is 2.11. The van der Waals surface area contributed by atoms with Crippen LogP contribution in [-0.4, -0.2) is 31.1 Å². The summed E-state index contributed by atoms with van der Waals surface area (Å²) in [5.41, 5.74) is 5.44. The Morgan fingerprint density at radius 2 is 1.81 bits per heavy atom. The monoisotopic (exact) mass is 371 g/mol. The van der Waals surface area contributed by atoms with Crippen LogP contribution in [0.15, 0.2) is 47.6 Å². The van der Waals surface area contributed by atoms with Gasteiger partial charge in [0.05, 0.1) is 26.0 Å². The van der Waals surface area contributed by atoms with Crippen molar-refractivity contribution in [3.63, 3.8) is 0 Å². The lowest BCUT2D eigenvalue weighted by molar-refractivity contribution is 0.297. The second-order valence-electron chi connectivity index (χ2n) is 5.70. The summed E-state index contributed by atoms with van der Waals surface area (Å²) in [4.78, 5) is 0. The topological polar surface area (TPSA) is 64.1 Å². The smallest absolute Gasteiger partial charge is 0.191 e. The molecule has 2 N–H and O–H groups in total. The van der Waals surface area contributed by atoms with E-state index in [1.165, 1.54) is 0 Å². The number of nitrogens with zero attached hydrogens (tertiary/aromatic N) is 1. The average molecular weight is 371 g/mol. The fourth-order valence-corrected chi connectivity index (χ4v) is 2.58. The van der Waals surface area contributed by atoms with Gasteiger partial charge in [-0.25, -0.2) is 0 Å². The van der Waals surface area contributed by atoms with Crippen LogP contribution in [0.4, 0.5) is 5.69 Å². The van der Waals surface area contributed by atoms with Crippen molar-refractivity contribution in [3.8, 4) is 17.2 Å². The van der Waals surface area contributed by atoms with E-state index in [0.717, 1.165) is 40.6 Å². The standard InChI is InChI=1S/C19H21N3O3S/c1-13(14-4-9-17-18(12-14)25-11-3-10-24-17)21-22-19(26)20-15-5-7-16(23-2)8-6-15/h4-9,12H,3,10-11H2,1-2H3,(H2,20,22,26)/b21-13-. The van der Waals surface area contributed by atoms with Gasteiger partial charge in [0.15, 0.2) is 16.6 Å². The molecular weight excluding hydrogens is 350 g/mol. The van der Waals surface area contributed by atoms with Crippen LogP contribution < -0.4 is 25.0 Å². The van der Waals surface area contributed by atoms with Crippen LogP contribution in [0.5, 0.6) is 17.2 Å². The molecule has 1 heterocycles. The van der Waals surface area contributed by atoms with Crippen molar-refractivity contribution in [2.75, 3.05) is 25.6 Å². The molecule has 136 valence electrons. The Morgan fingerprint density at radius 3 is 2.54 bits per heavy atom. The molecule has 0 saturated carbocycles. The number of rotatable bonds is 4. The van der Waals surface area contributed by atoms with Crippen molar-refractivity contribution >= 4 is 28.7 Å². The maximum absolute atomic E-state index is 5.71. The maximum Gasteiger partial charge on any atom is 0.191 e. The molecule has 1 aliphatic heterocycles. The van der Waals surface area contributed by atoms with Gasteiger partial charge >= 0.3 is 0 Å². The summed E-state index contributed by atoms with van der Waals surface area (Å²) in [5.74, 6) is 2.30. The molecule has 6 nitrogen and oxygen atoms in total. The molecule has 0 radical (unpaired) electrons. The normalized spacial score (nSPS) is 13.5. The van der Waals surface area contributed by atoms with Gasteiger partial charge in [-0.15, -0.1) is 0 Å². The van der Waals surface area contributed by atoms with E-state index in [4.69, 9.17) is 26.4 Å². The Labute approximate surface area is 158 Å². The molecule has 1 aliphatic rings. The van der Waals surface area contributed by atoms with Gasteiger partial charge in [-0.3, -0.25) is 5.43 Å². The fourth-order valence-electron chi connectivity index (χ4n) is 2.42. The molecule has 0 bridgehead atoms. The Morgan fingerprint density at radius 1 is 1.08 bits per heavy atom. The molecular formula is C19H21N3O3S. The second-order valence-corrected chi connectivity index (χ2v) is 6.11. The molecule has 0 aromatic heterocycles. The Kier molecular flexibility index (Phi) is 5.91. The highest BCUT2D eigenvalue weighted by atomic mass is 32.1. The molecule has 0 fully saturated rings. The van der Waals surface area contributed by atoms with Gasteiger partial charge in [0.1, 0.15) is 5.75 Å². The number of hydrogen-bond acceptors (Lipinski definition) is 5. The zero-order valence-electron chi connectivity index (χ0n) is 14.7. The lowest BCUT2D eigenvalue weighted by atomic mass is 10.1. The van der Waals surface area contributed by atoms with E-state index in [2.05, 4.69) is 15.8 Å². The van der Waals surface area contributed by atoms with E-state index in [9.17, 15) is 0 Å². The third-order valence-electron chi connectivity index (χ3n) is 3.84. The van der Waals surface area contributed by atoms with Crippen molar-refractivity contribution in [2.45, 2.75) is 13.3 Å². The van der Waals surface area contributed by atoms with Crippen LogP contribution >= 0.6 is 12.2 Å². The summed E-state index contributed by atoms with van der Waals surface area (Å²) in [6.45, 7) is 3.23. The van der Waals surface area contributed by atoms with Gasteiger partial charge in [-0.2, -0.15) is 5.10 Å². The van der Waals surface area contributed by atoms with Gasteiger partial charge in [0, 0.05) is 17.7 Å². The van der Waals surface area contributed by atoms with Gasteiger partial charge in [-0.1, -0.05) is 0 Å². The molecule has 0 spiro atoms. The van der Waals surface area contributed by atoms with Crippen LogP contribution in [-0.2, 0) is 0 Å². The van der Waals surface area contributed by atoms with E-state index in [1.807, 2.05) is 49.4 Å². The van der Waals surface area contributed by atoms with Crippen molar-refractivity contribution < 1.29 is 14.2 Å². The van der Waals surface area contributed by atoms with Crippen LogP contribution in [0.25, 0.3) is 0 Å². The number of anilines is 1. The van der Waals surface area contributed by atoms with Crippen LogP contribution in [0.2, 0.25) is 0 Å². The van der Waals surface area contributed by atoms with Gasteiger partial charge in [0.25, 0.3) is 0 Å². The molecule has 7 heteroatoms. The quantitative estimate of drug-likeness (QED) is 0.487. The number of thiocarbonyl (C=S) groups is 1. The predicted octanol–water partition coefficient (Wildman–Crippen LogP) is 3.57. The van der Waals surface area contributed by atoms with Crippen LogP contribution in [0.1, 0.15) is 18.9 Å². The zero-order valence-corrected chi connectivity index (χ0v) is 15.6. The second kappa shape index (κ2) is 8.53. The highest BCUT2D eigenvalue weighted by Crippen LogP contribution is 2.30. The number of nitrogens with one attached hydrogen (secondary N) is 2. The Balaban J connectivity index is 1.62. The van der Waals surface area contributed by atoms with Crippen LogP contribution in [0, 0.1) is 0 Å². The van der Waals surface area contributed by atoms with Crippen molar-refractivity contribution in [1.82, 2.24) is 5.43 Å². The number of fused-ring (bicyclic) bond motifs is 1. The summed E-state index contributed by atoms with van der Waals surface area (Å²) in [7, 11) is 1.63. The molecule has 0 unspecified atom stereocenters. The molecule has 26 heavy (non-hydrogen) atoms. The first-order valence-corrected chi connectivity index (χ1v) is 8.72. The summed E-state index contributed by atoms with van der Waals surface area (Å²) in [6.07, 6.45) is 0.879. The SMILES string of the molecule is COc1ccc(NC(=S)N/N=C(/C)c2ccc3c(c2)OCCCO3)cc1. The number of hydrogen-bond donors (Lipinski definition) is 2. The average Bonchev–Trinajstić information content (AvgIpc) is 2.91. The van der Waals surface area contributed by atoms with E-state index in [0.29, 0.717) is 18.3 Å². The van der Waals surface area contributed by atoms with Gasteiger partial charge < -0.3 is 19.5 Å². The number of hydrazone groups is 1. The first-order chi connectivity index (χ1) is 12.7. The molecule has 0 atom stereocenters. The zero-order chi connectivity index (χ0) is 18.4. The van der Waals surface area contributed by atoms with E-state index in [-0.39, 0.29) is 0 Å². The maximum atomic E-state index is 5.71. The fraction of sp³-hybridized carbons (Fsp3) is 0.263. The number of methoxy groups -OCH3 is 1. The minimum absolute atomic E-state index is 0.406. The Hall–Kier alpha value is -2.80. The van der Waals surface area contributed by atoms with Crippen LogP contribution in [0.3, 0.4) is 0 Å². The number of ether oxygens (including phenoxy) is 3. The summed E-state index contributed by atoms with van der Waals surface area (Å²) < 4.78 is 16.5. The largest absolute Gasteiger partial charge is 0.497 e. The first-order valence-electron chi connectivity index (χ1n) is 8.31. The third kappa shape index (κ3) is 4.64. The highest BCUT2D eigenvalue weighted by molar-refractivity contribution is 7.80. The lowest BCUT2D eigenvalue weighted by Gasteiger charge is -2.10. The third-order valence-corrected chi connectivity index (χ3v) is 4.03. The van der Waals surface area contributed by atoms with Gasteiger partial charge in [-0.05, 0) is 61.6 Å². The van der Waals surface area contributed by atoms with Crippen molar-refractivity contribution in [2.24, 2.45) is 5.10 Å². The van der Waals surface area contributed by atoms with E-state index in [1.54, 1.807) is 7.11 Å². The van der Waals surface area contributed by atoms with Crippen molar-refractivity contribution in [1.29, 1.82) is 0 Å². The number of benzene rings is 2. The molecule has 0 aliphatic carbocycles. The van der Waals surface area contributed by atoms with E-state index >= 15 is 0 Å². The molecule has 2 aromatic rings. The van der Waals surface area contributed by atoms with Gasteiger partial charge in [0.2, 0.25) is 0 Å². The lowest BCUT2D eigenvalue weighted by Crippen LogP contribution is -2.24. The minimum Gasteiger partial charge on any atom is -0.497 e. The molecule has 0 saturated heterocycles. The molecule has 2 aromatic carbocycles. The summed E-state index contributed by atoms with van der Waals surface area (Å²) >= 11 is 5.28. The predicted molar refractivity (Wildman–Crippen MR) is 107 cm³/mol. The minimum atomic E-state index is 0.406. The summed E-state index contributed by atoms with van der Waals surface area (Å²) in [6, 6.07) is 13.3. The summed E-state index contributed by atoms with van der Waals surface area (Å²) in [5, 5.41) is 7.82. The Bertz CT molecular complexity index is 806.